The molecule has 2 aliphatic heterocycles. The van der Waals surface area contributed by atoms with Gasteiger partial charge >= 0.3 is 10.8 Å². The van der Waals surface area contributed by atoms with E-state index in [0.717, 1.165) is 39.1 Å². The van der Waals surface area contributed by atoms with Crippen LogP contribution in [0.4, 0.5) is 0 Å². The first-order valence-electron chi connectivity index (χ1n) is 11.1. The highest BCUT2D eigenvalue weighted by atomic mass is 32.2. The zero-order chi connectivity index (χ0) is 25.6. The number of hydrogen-bond donors (Lipinski definition) is 2. The number of carboxylic acids is 1. The summed E-state index contributed by atoms with van der Waals surface area (Å²) >= 11 is 2.09. The highest BCUT2D eigenvalue weighted by molar-refractivity contribution is 8.00. The molecule has 1 saturated heterocycles. The van der Waals surface area contributed by atoms with Crippen molar-refractivity contribution in [2.75, 3.05) is 13.7 Å². The minimum atomic E-state index is -1.27. The van der Waals surface area contributed by atoms with Gasteiger partial charge in [-0.2, -0.15) is 0 Å². The van der Waals surface area contributed by atoms with E-state index in [1.54, 1.807) is 18.2 Å². The van der Waals surface area contributed by atoms with Crippen LogP contribution < -0.4 is 14.3 Å². The molecule has 0 aliphatic carbocycles. The molecule has 1 fully saturated rings. The number of aromatic amines is 1. The van der Waals surface area contributed by atoms with Gasteiger partial charge in [-0.1, -0.05) is 59.0 Å². The molecule has 3 heterocycles. The Morgan fingerprint density at radius 1 is 1.08 bits per heavy atom. The van der Waals surface area contributed by atoms with Crippen molar-refractivity contribution in [1.29, 1.82) is 0 Å². The number of aryl methyl sites for hydroxylation is 1. The molecule has 3 atom stereocenters. The topological polar surface area (TPSA) is 126 Å². The van der Waals surface area contributed by atoms with Crippen molar-refractivity contribution in [3.05, 3.63) is 73.7 Å². The van der Waals surface area contributed by atoms with E-state index in [9.17, 15) is 24.3 Å². The number of methoxy groups -OCH3 is 1. The molecule has 2 N–H and O–H groups in total. The molecule has 9 nitrogen and oxygen atoms in total. The van der Waals surface area contributed by atoms with Gasteiger partial charge in [-0.3, -0.25) is 24.1 Å². The van der Waals surface area contributed by atoms with Gasteiger partial charge < -0.3 is 19.6 Å². The molecule has 0 bridgehead atoms. The molecule has 3 aromatic rings. The molecule has 5 rings (SSSR count). The number of thioether (sulfide) groups is 1. The fourth-order valence-corrected chi connectivity index (χ4v) is 7.10. The van der Waals surface area contributed by atoms with Gasteiger partial charge in [-0.25, -0.2) is 0 Å². The van der Waals surface area contributed by atoms with Crippen molar-refractivity contribution in [3.63, 3.8) is 0 Å². The zero-order valence-corrected chi connectivity index (χ0v) is 21.0. The summed E-state index contributed by atoms with van der Waals surface area (Å²) in [6.07, 6.45) is 0. The lowest BCUT2D eigenvalue weighted by molar-refractivity contribution is -0.149. The summed E-state index contributed by atoms with van der Waals surface area (Å²) in [6, 6.07) is 13.2. The second kappa shape index (κ2) is 9.47. The van der Waals surface area contributed by atoms with E-state index in [1.165, 1.54) is 7.11 Å². The Hall–Kier alpha value is -3.57. The largest absolute Gasteiger partial charge is 0.493 e. The summed E-state index contributed by atoms with van der Waals surface area (Å²) < 4.78 is 11.6. The van der Waals surface area contributed by atoms with Crippen LogP contribution in [-0.4, -0.2) is 51.7 Å². The monoisotopic (exact) mass is 526 g/mol. The average molecular weight is 527 g/mol. The molecule has 186 valence electrons. The quantitative estimate of drug-likeness (QED) is 0.450. The predicted octanol–water partition coefficient (Wildman–Crippen LogP) is 3.01. The van der Waals surface area contributed by atoms with Crippen LogP contribution in [0.15, 0.2) is 52.3 Å². The number of nitrogens with one attached hydrogen (secondary N) is 1. The van der Waals surface area contributed by atoms with Gasteiger partial charge in [0.05, 0.1) is 18.1 Å². The molecule has 1 aromatic heterocycles. The summed E-state index contributed by atoms with van der Waals surface area (Å²) in [5.41, 5.74) is 2.81. The first kappa shape index (κ1) is 24.1. The molecular formula is C25H22N2O7S2. The lowest BCUT2D eigenvalue weighted by Crippen LogP contribution is -2.36. The molecular weight excluding hydrogens is 504 g/mol. The summed E-state index contributed by atoms with van der Waals surface area (Å²) in [6.45, 7) is 1.65. The van der Waals surface area contributed by atoms with Crippen molar-refractivity contribution in [1.82, 2.24) is 9.88 Å². The van der Waals surface area contributed by atoms with Gasteiger partial charge in [0.2, 0.25) is 11.8 Å². The number of rotatable bonds is 7. The standard InChI is InChI=1S/C25H22N2O7S2/c1-12-3-5-13(6-4-12)11-34-15-8-7-14(9-16(15)33-2)18-19-21(35-22-20(18)36-25(32)26-22)24(31)27(23(19)30)10-17(28)29/h3-9,18-19,21H,10-11H2,1-2H3,(H,26,32)(H,28,29)/t18-,19+,21-/m0/s1. The van der Waals surface area contributed by atoms with Gasteiger partial charge in [0.15, 0.2) is 11.5 Å². The molecule has 2 aliphatic rings. The third-order valence-electron chi connectivity index (χ3n) is 6.27. The van der Waals surface area contributed by atoms with Crippen molar-refractivity contribution in [3.8, 4) is 11.5 Å². The number of aromatic nitrogens is 1. The second-order valence-electron chi connectivity index (χ2n) is 8.59. The maximum Gasteiger partial charge on any atom is 0.323 e. The molecule has 36 heavy (non-hydrogen) atoms. The van der Waals surface area contributed by atoms with Crippen LogP contribution in [0.3, 0.4) is 0 Å². The van der Waals surface area contributed by atoms with Crippen molar-refractivity contribution >= 4 is 40.9 Å². The van der Waals surface area contributed by atoms with E-state index in [0.29, 0.717) is 33.6 Å². The van der Waals surface area contributed by atoms with E-state index in [4.69, 9.17) is 9.47 Å². The highest BCUT2D eigenvalue weighted by Gasteiger charge is 2.56. The number of ether oxygens (including phenoxy) is 2. The number of fused-ring (bicyclic) bond motifs is 2. The molecule has 0 spiro atoms. The van der Waals surface area contributed by atoms with Crippen LogP contribution in [0.5, 0.6) is 11.5 Å². The number of imide groups is 1. The van der Waals surface area contributed by atoms with E-state index in [-0.39, 0.29) is 4.87 Å². The van der Waals surface area contributed by atoms with Gasteiger partial charge in [0.25, 0.3) is 0 Å². The van der Waals surface area contributed by atoms with Gasteiger partial charge in [0, 0.05) is 10.8 Å². The summed E-state index contributed by atoms with van der Waals surface area (Å²) in [7, 11) is 1.51. The van der Waals surface area contributed by atoms with Crippen LogP contribution in [0.25, 0.3) is 0 Å². The van der Waals surface area contributed by atoms with E-state index in [2.05, 4.69) is 4.98 Å². The fraction of sp³-hybridized carbons (Fsp3) is 0.280. The third-order valence-corrected chi connectivity index (χ3v) is 8.67. The summed E-state index contributed by atoms with van der Waals surface area (Å²) in [5, 5.41) is 8.90. The Balaban J connectivity index is 1.50. The third kappa shape index (κ3) is 4.28. The SMILES string of the molecule is COc1cc([C@@H]2c3sc(=O)[nH]c3S[C@@H]3C(=O)N(CC(=O)O)C(=O)[C@H]23)ccc1OCc1ccc(C)cc1. The van der Waals surface area contributed by atoms with Crippen LogP contribution in [0.1, 0.15) is 27.5 Å². The minimum Gasteiger partial charge on any atom is -0.493 e. The number of thiazole rings is 1. The summed E-state index contributed by atoms with van der Waals surface area (Å²) in [5.74, 6) is -2.90. The Labute approximate surface area is 214 Å². The van der Waals surface area contributed by atoms with E-state index >= 15 is 0 Å². The minimum absolute atomic E-state index is 0.287. The predicted molar refractivity (Wildman–Crippen MR) is 133 cm³/mol. The van der Waals surface area contributed by atoms with Crippen molar-refractivity contribution in [2.45, 2.75) is 29.7 Å². The number of carboxylic acid groups (broad SMARTS) is 1. The molecule has 11 heteroatoms. The van der Waals surface area contributed by atoms with Gasteiger partial charge in [0.1, 0.15) is 18.4 Å². The van der Waals surface area contributed by atoms with E-state index in [1.807, 2.05) is 31.2 Å². The van der Waals surface area contributed by atoms with Crippen LogP contribution in [-0.2, 0) is 21.0 Å². The number of nitrogens with zero attached hydrogens (tertiary/aromatic N) is 1. The number of amides is 2. The first-order chi connectivity index (χ1) is 17.3. The number of hydrogen-bond acceptors (Lipinski definition) is 8. The number of H-pyrrole nitrogens is 1. The van der Waals surface area contributed by atoms with Crippen LogP contribution in [0, 0.1) is 12.8 Å². The maximum absolute atomic E-state index is 13.3. The Bertz CT molecular complexity index is 1410. The number of carbonyl (C=O) groups excluding carboxylic acids is 2. The smallest absolute Gasteiger partial charge is 0.323 e. The highest BCUT2D eigenvalue weighted by Crippen LogP contribution is 2.53. The zero-order valence-electron chi connectivity index (χ0n) is 19.3. The van der Waals surface area contributed by atoms with E-state index < -0.39 is 41.4 Å². The van der Waals surface area contributed by atoms with Crippen molar-refractivity contribution < 1.29 is 29.0 Å². The number of likely N-dealkylation sites (tertiary alicyclic amines) is 1. The molecule has 0 unspecified atom stereocenters. The maximum atomic E-state index is 13.3. The van der Waals surface area contributed by atoms with Crippen LogP contribution in [0.2, 0.25) is 0 Å². The second-order valence-corrected chi connectivity index (χ2v) is 10.8. The Morgan fingerprint density at radius 3 is 2.53 bits per heavy atom. The van der Waals surface area contributed by atoms with Crippen molar-refractivity contribution in [2.24, 2.45) is 5.92 Å². The van der Waals surface area contributed by atoms with Gasteiger partial charge in [-0.15, -0.1) is 0 Å². The lowest BCUT2D eigenvalue weighted by Gasteiger charge is -2.30. The number of aliphatic carboxylic acids is 1. The first-order valence-corrected chi connectivity index (χ1v) is 12.8. The lowest BCUT2D eigenvalue weighted by atomic mass is 9.83. The normalized spacial score (nSPS) is 20.7. The molecule has 2 amide bonds. The Morgan fingerprint density at radius 2 is 1.83 bits per heavy atom. The fourth-order valence-electron chi connectivity index (χ4n) is 4.57. The Kier molecular flexibility index (Phi) is 6.35. The molecule has 2 aromatic carbocycles. The molecule has 0 saturated carbocycles. The number of benzene rings is 2. The number of carbonyl (C=O) groups is 3. The average Bonchev–Trinajstić information content (AvgIpc) is 3.34. The van der Waals surface area contributed by atoms with Crippen LogP contribution >= 0.6 is 23.1 Å². The summed E-state index contributed by atoms with van der Waals surface area (Å²) in [4.78, 5) is 53.6. The van der Waals surface area contributed by atoms with Gasteiger partial charge in [-0.05, 0) is 30.2 Å². The molecule has 0 radical (unpaired) electrons.